The fourth-order valence-corrected chi connectivity index (χ4v) is 4.06. The van der Waals surface area contributed by atoms with Gasteiger partial charge in [0.25, 0.3) is 0 Å². The van der Waals surface area contributed by atoms with Gasteiger partial charge in [0.05, 0.1) is 0 Å². The zero-order valence-corrected chi connectivity index (χ0v) is 17.7. The predicted octanol–water partition coefficient (Wildman–Crippen LogP) is 5.75. The van der Waals surface area contributed by atoms with Crippen molar-refractivity contribution < 1.29 is 14.3 Å². The first-order valence-electron chi connectivity index (χ1n) is 10.4. The van der Waals surface area contributed by atoms with E-state index in [1.54, 1.807) is 6.92 Å². The molecule has 0 spiro atoms. The molecule has 3 aromatic rings. The van der Waals surface area contributed by atoms with Gasteiger partial charge in [0.2, 0.25) is 0 Å². The fraction of sp³-hybridized carbons (Fsp3) is 0.185. The minimum Gasteiger partial charge on any atom is -0.449 e. The number of nitrogens with one attached hydrogen (secondary N) is 1. The van der Waals surface area contributed by atoms with Crippen LogP contribution in [0.3, 0.4) is 0 Å². The second-order valence-electron chi connectivity index (χ2n) is 7.74. The van der Waals surface area contributed by atoms with Gasteiger partial charge < -0.3 is 10.1 Å². The van der Waals surface area contributed by atoms with Crippen LogP contribution in [0.2, 0.25) is 0 Å². The van der Waals surface area contributed by atoms with Gasteiger partial charge in [-0.2, -0.15) is 0 Å². The number of alkyl carbamates (subject to hydrolysis) is 1. The quantitative estimate of drug-likeness (QED) is 0.526. The number of hydrogen-bond acceptors (Lipinski definition) is 3. The van der Waals surface area contributed by atoms with Crippen molar-refractivity contribution in [3.63, 3.8) is 0 Å². The van der Waals surface area contributed by atoms with Crippen LogP contribution in [-0.2, 0) is 4.74 Å². The maximum absolute atomic E-state index is 12.2. The number of Topliss-reactive ketones (excluding diaryl/α,β-unsaturated/α-hetero) is 1. The lowest BCUT2D eigenvalue weighted by molar-refractivity contribution is 0.101. The number of ketones is 1. The van der Waals surface area contributed by atoms with Crippen LogP contribution in [-0.4, -0.2) is 25.0 Å². The van der Waals surface area contributed by atoms with Gasteiger partial charge in [-0.05, 0) is 53.3 Å². The molecule has 0 saturated carbocycles. The Morgan fingerprint density at radius 2 is 1.61 bits per heavy atom. The third kappa shape index (κ3) is 4.43. The first-order chi connectivity index (χ1) is 15.0. The van der Waals surface area contributed by atoms with Gasteiger partial charge in [-0.25, -0.2) is 4.79 Å². The van der Waals surface area contributed by atoms with Crippen LogP contribution in [0.5, 0.6) is 0 Å². The molecule has 0 aliphatic heterocycles. The Morgan fingerprint density at radius 1 is 0.968 bits per heavy atom. The van der Waals surface area contributed by atoms with Crippen molar-refractivity contribution in [2.45, 2.75) is 19.8 Å². The highest BCUT2D eigenvalue weighted by molar-refractivity contribution is 5.94. The molecule has 0 atom stereocenters. The number of aryl methyl sites for hydroxylation is 1. The van der Waals surface area contributed by atoms with E-state index >= 15 is 0 Å². The van der Waals surface area contributed by atoms with Crippen molar-refractivity contribution in [1.82, 2.24) is 5.32 Å². The normalized spacial score (nSPS) is 12.5. The zero-order valence-electron chi connectivity index (χ0n) is 17.7. The zero-order chi connectivity index (χ0) is 21.8. The van der Waals surface area contributed by atoms with Gasteiger partial charge >= 0.3 is 6.09 Å². The summed E-state index contributed by atoms with van der Waals surface area (Å²) in [5.41, 5.74) is 7.54. The predicted molar refractivity (Wildman–Crippen MR) is 123 cm³/mol. The standard InChI is InChI=1S/C27H25NO3/c1-18-16-21(19(2)29)14-13-20(18)8-7-15-28-27(30)31-17-26-24-11-5-3-9-22(24)23-10-4-6-12-25(23)26/h3-14,16,26H,15,17H2,1-2H3,(H,28,30). The van der Waals surface area contributed by atoms with Crippen molar-refractivity contribution in [3.05, 3.63) is 101 Å². The number of benzene rings is 3. The maximum Gasteiger partial charge on any atom is 0.407 e. The third-order valence-electron chi connectivity index (χ3n) is 5.68. The number of hydrogen-bond donors (Lipinski definition) is 1. The minimum absolute atomic E-state index is 0.0514. The van der Waals surface area contributed by atoms with Crippen LogP contribution in [0, 0.1) is 6.92 Å². The van der Waals surface area contributed by atoms with Crippen LogP contribution < -0.4 is 5.32 Å². The molecule has 1 aliphatic carbocycles. The average Bonchev–Trinajstić information content (AvgIpc) is 3.10. The Balaban J connectivity index is 1.32. The molecule has 0 unspecified atom stereocenters. The third-order valence-corrected chi connectivity index (χ3v) is 5.68. The van der Waals surface area contributed by atoms with Gasteiger partial charge in [0, 0.05) is 18.0 Å². The largest absolute Gasteiger partial charge is 0.449 e. The number of carbonyl (C=O) groups is 2. The molecule has 1 aliphatic rings. The number of amides is 1. The summed E-state index contributed by atoms with van der Waals surface area (Å²) in [5.74, 6) is 0.103. The Bertz CT molecular complexity index is 1120. The molecular weight excluding hydrogens is 386 g/mol. The Labute approximate surface area is 182 Å². The van der Waals surface area contributed by atoms with Gasteiger partial charge in [-0.3, -0.25) is 4.79 Å². The van der Waals surface area contributed by atoms with Gasteiger partial charge in [-0.15, -0.1) is 0 Å². The van der Waals surface area contributed by atoms with Crippen molar-refractivity contribution >= 4 is 18.0 Å². The molecule has 1 N–H and O–H groups in total. The molecule has 0 heterocycles. The van der Waals surface area contributed by atoms with Crippen molar-refractivity contribution in [1.29, 1.82) is 0 Å². The van der Waals surface area contributed by atoms with Crippen LogP contribution in [0.4, 0.5) is 4.79 Å². The molecule has 4 rings (SSSR count). The van der Waals surface area contributed by atoms with Crippen LogP contribution in [0.1, 0.15) is 45.5 Å². The van der Waals surface area contributed by atoms with Crippen LogP contribution in [0.15, 0.2) is 72.8 Å². The fourth-order valence-electron chi connectivity index (χ4n) is 4.06. The molecule has 31 heavy (non-hydrogen) atoms. The molecular formula is C27H25NO3. The summed E-state index contributed by atoms with van der Waals surface area (Å²) in [6, 6.07) is 22.1. The van der Waals surface area contributed by atoms with Crippen LogP contribution >= 0.6 is 0 Å². The number of fused-ring (bicyclic) bond motifs is 3. The highest BCUT2D eigenvalue weighted by atomic mass is 16.5. The Morgan fingerprint density at radius 3 is 2.23 bits per heavy atom. The van der Waals surface area contributed by atoms with Gasteiger partial charge in [0.1, 0.15) is 6.61 Å². The molecule has 0 fully saturated rings. The van der Waals surface area contributed by atoms with Crippen molar-refractivity contribution in [2.24, 2.45) is 0 Å². The Hall–Kier alpha value is -3.66. The number of carbonyl (C=O) groups excluding carboxylic acids is 2. The van der Waals surface area contributed by atoms with Gasteiger partial charge in [-0.1, -0.05) is 72.8 Å². The Kier molecular flexibility index (Phi) is 5.99. The first-order valence-corrected chi connectivity index (χ1v) is 10.4. The van der Waals surface area contributed by atoms with E-state index in [0.717, 1.165) is 11.1 Å². The molecule has 0 aromatic heterocycles. The van der Waals surface area contributed by atoms with E-state index in [9.17, 15) is 9.59 Å². The lowest BCUT2D eigenvalue weighted by Crippen LogP contribution is -2.26. The molecule has 4 nitrogen and oxygen atoms in total. The smallest absolute Gasteiger partial charge is 0.407 e. The SMILES string of the molecule is CC(=O)c1ccc(C=CCNC(=O)OCC2c3ccccc3-c3ccccc32)c(C)c1. The number of rotatable bonds is 6. The van der Waals surface area contributed by atoms with E-state index in [1.807, 2.05) is 61.5 Å². The van der Waals surface area contributed by atoms with E-state index in [-0.39, 0.29) is 11.7 Å². The highest BCUT2D eigenvalue weighted by Crippen LogP contribution is 2.44. The summed E-state index contributed by atoms with van der Waals surface area (Å²) >= 11 is 0. The summed E-state index contributed by atoms with van der Waals surface area (Å²) in [6.07, 6.45) is 3.37. The van der Waals surface area contributed by atoms with Crippen molar-refractivity contribution in [3.8, 4) is 11.1 Å². The summed E-state index contributed by atoms with van der Waals surface area (Å²) in [7, 11) is 0. The molecule has 1 amide bonds. The monoisotopic (exact) mass is 411 g/mol. The summed E-state index contributed by atoms with van der Waals surface area (Å²) in [4.78, 5) is 23.7. The molecule has 0 radical (unpaired) electrons. The van der Waals surface area contributed by atoms with E-state index in [1.165, 1.54) is 22.3 Å². The topological polar surface area (TPSA) is 55.4 Å². The van der Waals surface area contributed by atoms with Gasteiger partial charge in [0.15, 0.2) is 5.78 Å². The molecule has 0 bridgehead atoms. The molecule has 0 saturated heterocycles. The van der Waals surface area contributed by atoms with E-state index in [2.05, 4.69) is 29.6 Å². The van der Waals surface area contributed by atoms with Crippen molar-refractivity contribution in [2.75, 3.05) is 13.2 Å². The average molecular weight is 412 g/mol. The summed E-state index contributed by atoms with van der Waals surface area (Å²) in [6.45, 7) is 4.19. The van der Waals surface area contributed by atoms with E-state index < -0.39 is 6.09 Å². The summed E-state index contributed by atoms with van der Waals surface area (Å²) in [5, 5.41) is 2.77. The van der Waals surface area contributed by atoms with E-state index in [0.29, 0.717) is 18.7 Å². The molecule has 4 heteroatoms. The van der Waals surface area contributed by atoms with Crippen LogP contribution in [0.25, 0.3) is 17.2 Å². The summed E-state index contributed by atoms with van der Waals surface area (Å²) < 4.78 is 5.54. The highest BCUT2D eigenvalue weighted by Gasteiger charge is 2.28. The van der Waals surface area contributed by atoms with E-state index in [4.69, 9.17) is 4.74 Å². The first kappa shape index (κ1) is 20.6. The lowest BCUT2D eigenvalue weighted by Gasteiger charge is -2.14. The minimum atomic E-state index is -0.435. The second-order valence-corrected chi connectivity index (χ2v) is 7.74. The second kappa shape index (κ2) is 9.00. The number of ether oxygens (including phenoxy) is 1. The molecule has 3 aromatic carbocycles. The maximum atomic E-state index is 12.2. The molecule has 156 valence electrons. The lowest BCUT2D eigenvalue weighted by atomic mass is 9.98.